The molecule has 5 heteroatoms. The molecule has 0 aromatic heterocycles. The number of aliphatic hydroxyl groups is 2. The molecule has 5 nitrogen and oxygen atoms in total. The Kier molecular flexibility index (Phi) is 4.07. The predicted octanol–water partition coefficient (Wildman–Crippen LogP) is 0.921. The molecular weight excluding hydrogens is 246 g/mol. The smallest absolute Gasteiger partial charge is 0.268 e. The van der Waals surface area contributed by atoms with Crippen LogP contribution in [0.1, 0.15) is 19.4 Å². The van der Waals surface area contributed by atoms with Crippen LogP contribution in [0.2, 0.25) is 0 Å². The van der Waals surface area contributed by atoms with Crippen LogP contribution in [0.5, 0.6) is 5.75 Å². The minimum atomic E-state index is -0.529. The van der Waals surface area contributed by atoms with E-state index in [1.54, 1.807) is 18.2 Å². The lowest BCUT2D eigenvalue weighted by molar-refractivity contribution is -0.128. The van der Waals surface area contributed by atoms with Crippen molar-refractivity contribution >= 4 is 11.6 Å². The first-order valence-corrected chi connectivity index (χ1v) is 6.41. The molecule has 1 unspecified atom stereocenters. The third-order valence-corrected chi connectivity index (χ3v) is 3.19. The molecule has 1 heterocycles. The average Bonchev–Trinajstić information content (AvgIpc) is 2.40. The maximum Gasteiger partial charge on any atom is 0.268 e. The molecule has 0 aliphatic carbocycles. The Morgan fingerprint density at radius 1 is 1.37 bits per heavy atom. The maximum absolute atomic E-state index is 12.3. The van der Waals surface area contributed by atoms with Crippen molar-refractivity contribution in [1.29, 1.82) is 0 Å². The van der Waals surface area contributed by atoms with Crippen LogP contribution in [-0.4, -0.2) is 35.4 Å². The Morgan fingerprint density at radius 2 is 2.11 bits per heavy atom. The highest BCUT2D eigenvalue weighted by atomic mass is 16.5. The Hall–Kier alpha value is -1.59. The first-order chi connectivity index (χ1) is 9.08. The van der Waals surface area contributed by atoms with E-state index < -0.39 is 6.10 Å². The second-order valence-corrected chi connectivity index (χ2v) is 4.96. The van der Waals surface area contributed by atoms with E-state index >= 15 is 0 Å². The molecule has 2 rings (SSSR count). The van der Waals surface area contributed by atoms with Crippen molar-refractivity contribution in [3.63, 3.8) is 0 Å². The number of carbonyl (C=O) groups is 1. The van der Waals surface area contributed by atoms with Gasteiger partial charge in [-0.1, -0.05) is 19.9 Å². The second-order valence-electron chi connectivity index (χ2n) is 4.96. The molecule has 1 atom stereocenters. The van der Waals surface area contributed by atoms with Gasteiger partial charge in [0, 0.05) is 6.54 Å². The second kappa shape index (κ2) is 5.59. The zero-order chi connectivity index (χ0) is 14.0. The minimum Gasteiger partial charge on any atom is -0.478 e. The number of fused-ring (bicyclic) bond motifs is 1. The summed E-state index contributed by atoms with van der Waals surface area (Å²) in [6.45, 7) is 3.87. The Morgan fingerprint density at radius 3 is 2.68 bits per heavy atom. The molecule has 2 N–H and O–H groups in total. The van der Waals surface area contributed by atoms with E-state index in [0.717, 1.165) is 0 Å². The van der Waals surface area contributed by atoms with Crippen molar-refractivity contribution in [2.24, 2.45) is 5.92 Å². The fourth-order valence-corrected chi connectivity index (χ4v) is 2.18. The van der Waals surface area contributed by atoms with E-state index in [1.807, 2.05) is 13.8 Å². The van der Waals surface area contributed by atoms with E-state index in [-0.39, 0.29) is 31.6 Å². The number of rotatable bonds is 4. The van der Waals surface area contributed by atoms with Gasteiger partial charge in [-0.15, -0.1) is 0 Å². The number of ether oxygens (including phenoxy) is 1. The van der Waals surface area contributed by atoms with Crippen LogP contribution in [0.15, 0.2) is 18.2 Å². The van der Waals surface area contributed by atoms with Gasteiger partial charge in [-0.05, 0) is 23.6 Å². The van der Waals surface area contributed by atoms with Gasteiger partial charge in [0.25, 0.3) is 5.91 Å². The molecule has 0 fully saturated rings. The van der Waals surface area contributed by atoms with Crippen LogP contribution in [0.25, 0.3) is 0 Å². The summed E-state index contributed by atoms with van der Waals surface area (Å²) in [5, 5.41) is 18.3. The maximum atomic E-state index is 12.3. The van der Waals surface area contributed by atoms with Crippen molar-refractivity contribution in [2.75, 3.05) is 18.1 Å². The van der Waals surface area contributed by atoms with E-state index in [4.69, 9.17) is 14.9 Å². The Labute approximate surface area is 112 Å². The van der Waals surface area contributed by atoms with Crippen molar-refractivity contribution < 1.29 is 19.7 Å². The van der Waals surface area contributed by atoms with Crippen LogP contribution in [0.4, 0.5) is 5.69 Å². The molecule has 0 saturated heterocycles. The van der Waals surface area contributed by atoms with Gasteiger partial charge in [-0.2, -0.15) is 0 Å². The van der Waals surface area contributed by atoms with E-state index in [9.17, 15) is 4.79 Å². The van der Waals surface area contributed by atoms with Gasteiger partial charge < -0.3 is 19.8 Å². The average molecular weight is 265 g/mol. The number of nitrogens with zero attached hydrogens (tertiary/aromatic N) is 1. The van der Waals surface area contributed by atoms with Crippen LogP contribution < -0.4 is 9.64 Å². The lowest BCUT2D eigenvalue weighted by atomic mass is 10.0. The SMILES string of the molecule is CC(C)C1Oc2ccc(CO)cc2N(CCO)C1=O. The number of hydrogen-bond acceptors (Lipinski definition) is 4. The fraction of sp³-hybridized carbons (Fsp3) is 0.500. The number of amides is 1. The van der Waals surface area contributed by atoms with Gasteiger partial charge in [-0.3, -0.25) is 4.79 Å². The molecule has 104 valence electrons. The molecule has 1 aliphatic heterocycles. The lowest BCUT2D eigenvalue weighted by Gasteiger charge is -2.36. The normalized spacial score (nSPS) is 18.5. The highest BCUT2D eigenvalue weighted by Gasteiger charge is 2.36. The minimum absolute atomic E-state index is 0.0550. The highest BCUT2D eigenvalue weighted by molar-refractivity contribution is 6.00. The molecule has 0 saturated carbocycles. The summed E-state index contributed by atoms with van der Waals surface area (Å²) in [4.78, 5) is 13.9. The van der Waals surface area contributed by atoms with E-state index in [2.05, 4.69) is 0 Å². The summed E-state index contributed by atoms with van der Waals surface area (Å²) in [5.74, 6) is 0.523. The molecule has 0 bridgehead atoms. The van der Waals surface area contributed by atoms with Gasteiger partial charge in [0.1, 0.15) is 5.75 Å². The molecule has 0 radical (unpaired) electrons. The molecule has 1 aliphatic rings. The summed E-state index contributed by atoms with van der Waals surface area (Å²) in [6.07, 6.45) is -0.529. The zero-order valence-corrected chi connectivity index (χ0v) is 11.2. The molecule has 1 amide bonds. The van der Waals surface area contributed by atoms with E-state index in [1.165, 1.54) is 4.90 Å². The number of anilines is 1. The lowest BCUT2D eigenvalue weighted by Crippen LogP contribution is -2.49. The number of benzene rings is 1. The standard InChI is InChI=1S/C14H19NO4/c1-9(2)13-14(18)15(5-6-16)11-7-10(8-17)3-4-12(11)19-13/h3-4,7,9,13,16-17H,5-6,8H2,1-2H3. The Balaban J connectivity index is 2.43. The first-order valence-electron chi connectivity index (χ1n) is 6.41. The van der Waals surface area contributed by atoms with E-state index in [0.29, 0.717) is 17.0 Å². The van der Waals surface area contributed by atoms with Crippen LogP contribution >= 0.6 is 0 Å². The highest BCUT2D eigenvalue weighted by Crippen LogP contribution is 2.36. The summed E-state index contributed by atoms with van der Waals surface area (Å²) < 4.78 is 5.73. The Bertz CT molecular complexity index is 473. The van der Waals surface area contributed by atoms with Gasteiger partial charge in [0.05, 0.1) is 18.9 Å². The van der Waals surface area contributed by atoms with Crippen molar-refractivity contribution in [2.45, 2.75) is 26.6 Å². The van der Waals surface area contributed by atoms with Crippen LogP contribution in [-0.2, 0) is 11.4 Å². The van der Waals surface area contributed by atoms with Crippen LogP contribution in [0.3, 0.4) is 0 Å². The quantitative estimate of drug-likeness (QED) is 0.849. The van der Waals surface area contributed by atoms with Crippen molar-refractivity contribution in [1.82, 2.24) is 0 Å². The van der Waals surface area contributed by atoms with Gasteiger partial charge >= 0.3 is 0 Å². The third kappa shape index (κ3) is 2.57. The monoisotopic (exact) mass is 265 g/mol. The zero-order valence-electron chi connectivity index (χ0n) is 11.2. The number of aliphatic hydroxyl groups excluding tert-OH is 2. The van der Waals surface area contributed by atoms with Crippen LogP contribution in [0, 0.1) is 5.92 Å². The summed E-state index contributed by atoms with van der Waals surface area (Å²) in [5.41, 5.74) is 1.32. The molecular formula is C14H19NO4. The van der Waals surface area contributed by atoms with Crippen molar-refractivity contribution in [3.8, 4) is 5.75 Å². The number of carbonyl (C=O) groups excluding carboxylic acids is 1. The topological polar surface area (TPSA) is 70.0 Å². The predicted molar refractivity (Wildman–Crippen MR) is 71.1 cm³/mol. The van der Waals surface area contributed by atoms with Gasteiger partial charge in [0.15, 0.2) is 6.10 Å². The fourth-order valence-electron chi connectivity index (χ4n) is 2.18. The number of hydrogen-bond donors (Lipinski definition) is 2. The molecule has 1 aromatic carbocycles. The summed E-state index contributed by atoms with van der Waals surface area (Å²) in [6, 6.07) is 5.25. The molecule has 0 spiro atoms. The first kappa shape index (κ1) is 13.8. The molecule has 1 aromatic rings. The summed E-state index contributed by atoms with van der Waals surface area (Å²) in [7, 11) is 0. The van der Waals surface area contributed by atoms with Gasteiger partial charge in [0.2, 0.25) is 0 Å². The van der Waals surface area contributed by atoms with Crippen molar-refractivity contribution in [3.05, 3.63) is 23.8 Å². The number of β-amino-alcohol motifs (C(OH)–C–C–N with tert-alkyl or cyclic N) is 1. The molecule has 19 heavy (non-hydrogen) atoms. The van der Waals surface area contributed by atoms with Gasteiger partial charge in [-0.25, -0.2) is 0 Å². The largest absolute Gasteiger partial charge is 0.478 e. The third-order valence-electron chi connectivity index (χ3n) is 3.19. The summed E-state index contributed by atoms with van der Waals surface area (Å²) >= 11 is 0.